The Morgan fingerprint density at radius 2 is 1.64 bits per heavy atom. The number of aryl methyl sites for hydroxylation is 1. The van der Waals surface area contributed by atoms with Gasteiger partial charge in [-0.2, -0.15) is 26.3 Å². The monoisotopic (exact) mass is 599 g/mol. The van der Waals surface area contributed by atoms with Gasteiger partial charge in [0.15, 0.2) is 5.82 Å². The van der Waals surface area contributed by atoms with Gasteiger partial charge in [-0.05, 0) is 55.2 Å². The number of rotatable bonds is 6. The van der Waals surface area contributed by atoms with Crippen LogP contribution < -0.4 is 10.6 Å². The molecule has 0 saturated heterocycles. The Labute approximate surface area is 226 Å². The Hall–Kier alpha value is -3.06. The van der Waals surface area contributed by atoms with E-state index < -0.39 is 69.7 Å². The molecule has 1 atom stereocenters. The average molecular weight is 600 g/mol. The second kappa shape index (κ2) is 9.84. The van der Waals surface area contributed by atoms with E-state index in [2.05, 4.69) is 10.5 Å². The highest BCUT2D eigenvalue weighted by atomic mass is 35.5. The fourth-order valence-electron chi connectivity index (χ4n) is 4.12. The molecule has 2 amide bonds. The molecule has 6 nitrogen and oxygen atoms in total. The number of carbonyl (C=O) groups is 2. The lowest BCUT2D eigenvalue weighted by Gasteiger charge is -2.29. The van der Waals surface area contributed by atoms with E-state index in [0.717, 1.165) is 12.1 Å². The summed E-state index contributed by atoms with van der Waals surface area (Å²) in [5.74, 6) is -2.89. The fourth-order valence-corrected chi connectivity index (χ4v) is 4.60. The van der Waals surface area contributed by atoms with E-state index in [0.29, 0.717) is 0 Å². The fraction of sp³-hybridized carbons (Fsp3) is 0.375. The van der Waals surface area contributed by atoms with E-state index in [1.807, 2.05) is 5.32 Å². The molecule has 210 valence electrons. The van der Waals surface area contributed by atoms with E-state index >= 15 is 0 Å². The van der Waals surface area contributed by atoms with Gasteiger partial charge in [-0.15, -0.1) is 0 Å². The lowest BCUT2D eigenvalue weighted by molar-refractivity contribution is -0.275. The Kier molecular flexibility index (Phi) is 7.30. The van der Waals surface area contributed by atoms with Crippen LogP contribution in [0.15, 0.2) is 35.5 Å². The summed E-state index contributed by atoms with van der Waals surface area (Å²) in [5.41, 5.74) is -5.49. The molecular weight excluding hydrogens is 582 g/mol. The first kappa shape index (κ1) is 28.9. The largest absolute Gasteiger partial charge is 0.435 e. The van der Waals surface area contributed by atoms with Gasteiger partial charge < -0.3 is 15.5 Å². The molecule has 0 bridgehead atoms. The third-order valence-corrected chi connectivity index (χ3v) is 7.07. The maximum Gasteiger partial charge on any atom is 0.435 e. The maximum absolute atomic E-state index is 14.2. The summed E-state index contributed by atoms with van der Waals surface area (Å²) in [6.07, 6.45) is -10.9. The number of amides is 2. The molecule has 0 radical (unpaired) electrons. The SMILES string of the molecule is Cc1cc(C2=NOC(c3cc(Cl)c(F)c(Cl)c3)(C(F)(F)F)C2)ccc1C(=O)NCC(=O)NC1(C(F)(F)F)CC1. The van der Waals surface area contributed by atoms with Gasteiger partial charge in [0, 0.05) is 17.5 Å². The van der Waals surface area contributed by atoms with Crippen molar-refractivity contribution < 1.29 is 45.2 Å². The minimum atomic E-state index is -5.01. The van der Waals surface area contributed by atoms with Gasteiger partial charge in [-0.3, -0.25) is 9.59 Å². The van der Waals surface area contributed by atoms with Gasteiger partial charge in [0.2, 0.25) is 5.91 Å². The average Bonchev–Trinajstić information content (AvgIpc) is 3.47. The van der Waals surface area contributed by atoms with Gasteiger partial charge in [-0.25, -0.2) is 4.39 Å². The third kappa shape index (κ3) is 5.38. The summed E-state index contributed by atoms with van der Waals surface area (Å²) < 4.78 is 95.4. The number of carbonyl (C=O) groups excluding carboxylic acids is 2. The zero-order valence-corrected chi connectivity index (χ0v) is 21.3. The minimum absolute atomic E-state index is 0.0298. The number of hydrogen-bond acceptors (Lipinski definition) is 4. The van der Waals surface area contributed by atoms with Crippen molar-refractivity contribution in [3.05, 3.63) is 68.4 Å². The molecule has 2 N–H and O–H groups in total. The quantitative estimate of drug-likeness (QED) is 0.317. The van der Waals surface area contributed by atoms with Crippen LogP contribution in [0.4, 0.5) is 30.7 Å². The summed E-state index contributed by atoms with van der Waals surface area (Å²) in [6.45, 7) is 0.753. The van der Waals surface area contributed by atoms with Gasteiger partial charge in [0.05, 0.1) is 22.3 Å². The van der Waals surface area contributed by atoms with Crippen molar-refractivity contribution in [1.29, 1.82) is 0 Å². The molecule has 0 aromatic heterocycles. The van der Waals surface area contributed by atoms with Crippen molar-refractivity contribution in [1.82, 2.24) is 10.6 Å². The second-order valence-corrected chi connectivity index (χ2v) is 10.0. The highest BCUT2D eigenvalue weighted by Gasteiger charge is 2.64. The van der Waals surface area contributed by atoms with Crippen molar-refractivity contribution >= 4 is 40.7 Å². The van der Waals surface area contributed by atoms with Crippen molar-refractivity contribution in [2.75, 3.05) is 6.54 Å². The van der Waals surface area contributed by atoms with Crippen LogP contribution >= 0.6 is 23.2 Å². The number of benzene rings is 2. The lowest BCUT2D eigenvalue weighted by Crippen LogP contribution is -2.50. The van der Waals surface area contributed by atoms with E-state index in [-0.39, 0.29) is 35.2 Å². The molecule has 1 aliphatic heterocycles. The molecule has 2 aliphatic rings. The lowest BCUT2D eigenvalue weighted by atomic mass is 9.86. The van der Waals surface area contributed by atoms with Gasteiger partial charge >= 0.3 is 12.4 Å². The van der Waals surface area contributed by atoms with E-state index in [9.17, 15) is 40.3 Å². The first-order chi connectivity index (χ1) is 18.0. The van der Waals surface area contributed by atoms with Gasteiger partial charge in [-0.1, -0.05) is 34.4 Å². The third-order valence-electron chi connectivity index (χ3n) is 6.52. The van der Waals surface area contributed by atoms with E-state index in [1.54, 1.807) is 0 Å². The summed E-state index contributed by atoms with van der Waals surface area (Å²) in [7, 11) is 0. The number of nitrogens with zero attached hydrogens (tertiary/aromatic N) is 1. The molecule has 2 aromatic rings. The zero-order valence-electron chi connectivity index (χ0n) is 19.8. The molecule has 15 heteroatoms. The molecule has 1 saturated carbocycles. The van der Waals surface area contributed by atoms with Crippen molar-refractivity contribution in [2.45, 2.75) is 49.7 Å². The summed E-state index contributed by atoms with van der Waals surface area (Å²) in [6, 6.07) is 5.42. The number of oxime groups is 1. The molecule has 4 rings (SSSR count). The topological polar surface area (TPSA) is 79.8 Å². The number of alkyl halides is 6. The smallest absolute Gasteiger partial charge is 0.374 e. The first-order valence-corrected chi connectivity index (χ1v) is 12.0. The van der Waals surface area contributed by atoms with E-state index in [1.165, 1.54) is 25.1 Å². The molecule has 2 aromatic carbocycles. The second-order valence-electron chi connectivity index (χ2n) is 9.23. The van der Waals surface area contributed by atoms with E-state index in [4.69, 9.17) is 28.0 Å². The predicted molar refractivity (Wildman–Crippen MR) is 126 cm³/mol. The minimum Gasteiger partial charge on any atom is -0.374 e. The summed E-state index contributed by atoms with van der Waals surface area (Å²) in [5, 5.41) is 6.42. The van der Waals surface area contributed by atoms with Crippen LogP contribution in [0.25, 0.3) is 0 Å². The molecular formula is C24H18Cl2F7N3O3. The number of halogens is 9. The highest BCUT2D eigenvalue weighted by molar-refractivity contribution is 6.35. The van der Waals surface area contributed by atoms with Crippen LogP contribution in [-0.4, -0.2) is 42.0 Å². The Morgan fingerprint density at radius 3 is 2.15 bits per heavy atom. The first-order valence-electron chi connectivity index (χ1n) is 11.2. The normalized spacial score (nSPS) is 20.2. The highest BCUT2D eigenvalue weighted by Crippen LogP contribution is 2.50. The van der Waals surface area contributed by atoms with Crippen molar-refractivity contribution in [2.24, 2.45) is 5.16 Å². The molecule has 0 spiro atoms. The molecule has 1 unspecified atom stereocenters. The predicted octanol–water partition coefficient (Wildman–Crippen LogP) is 5.96. The molecule has 1 aliphatic carbocycles. The van der Waals surface area contributed by atoms with Crippen LogP contribution in [0, 0.1) is 12.7 Å². The van der Waals surface area contributed by atoms with Crippen LogP contribution in [0.2, 0.25) is 10.0 Å². The maximum atomic E-state index is 14.2. The number of nitrogens with one attached hydrogen (secondary N) is 2. The molecule has 1 fully saturated rings. The van der Waals surface area contributed by atoms with Crippen LogP contribution in [0.3, 0.4) is 0 Å². The standard InChI is InChI=1S/C24H18Cl2F7N3O3/c1-11-6-12(2-3-14(11)20(38)34-10-18(37)35-21(4-5-21)23(28,29)30)17-9-22(39-36-17,24(31,32)33)13-7-15(25)19(27)16(26)8-13/h2-3,6-8H,4-5,9-10H2,1H3,(H,34,38)(H,35,37). The Bertz CT molecular complexity index is 1350. The van der Waals surface area contributed by atoms with Crippen molar-refractivity contribution in [3.8, 4) is 0 Å². The number of hydrogen-bond donors (Lipinski definition) is 2. The Morgan fingerprint density at radius 1 is 1.03 bits per heavy atom. The van der Waals surface area contributed by atoms with Crippen molar-refractivity contribution in [3.63, 3.8) is 0 Å². The van der Waals surface area contributed by atoms with Crippen LogP contribution in [0.5, 0.6) is 0 Å². The van der Waals surface area contributed by atoms with Gasteiger partial charge in [0.1, 0.15) is 5.54 Å². The summed E-state index contributed by atoms with van der Waals surface area (Å²) >= 11 is 11.4. The molecule has 1 heterocycles. The Balaban J connectivity index is 1.48. The van der Waals surface area contributed by atoms with Crippen LogP contribution in [0.1, 0.15) is 46.3 Å². The van der Waals surface area contributed by atoms with Crippen LogP contribution in [-0.2, 0) is 15.2 Å². The molecule has 39 heavy (non-hydrogen) atoms. The van der Waals surface area contributed by atoms with Gasteiger partial charge in [0.25, 0.3) is 11.5 Å². The zero-order chi connectivity index (χ0) is 29.0. The summed E-state index contributed by atoms with van der Waals surface area (Å²) in [4.78, 5) is 29.3.